The molecule has 0 aliphatic carbocycles. The molecule has 0 radical (unpaired) electrons. The van der Waals surface area contributed by atoms with Gasteiger partial charge in [-0.05, 0) is 11.6 Å². The second kappa shape index (κ2) is 10.5. The number of halogens is 1. The Labute approximate surface area is 166 Å². The lowest BCUT2D eigenvalue weighted by Gasteiger charge is -2.26. The lowest BCUT2D eigenvalue weighted by atomic mass is 10.1. The van der Waals surface area contributed by atoms with Gasteiger partial charge in [-0.2, -0.15) is 0 Å². The van der Waals surface area contributed by atoms with E-state index in [4.69, 9.17) is 25.8 Å². The zero-order valence-electron chi connectivity index (χ0n) is 15.7. The lowest BCUT2D eigenvalue weighted by Crippen LogP contribution is -2.40. The first kappa shape index (κ1) is 20.0. The molecular formula is C21H27ClN2O3. The summed E-state index contributed by atoms with van der Waals surface area (Å²) in [5, 5.41) is 4.13. The van der Waals surface area contributed by atoms with Gasteiger partial charge in [0, 0.05) is 49.4 Å². The Morgan fingerprint density at radius 3 is 2.67 bits per heavy atom. The zero-order chi connectivity index (χ0) is 18.9. The molecule has 0 aromatic heterocycles. The van der Waals surface area contributed by atoms with Crippen molar-refractivity contribution in [2.24, 2.45) is 0 Å². The minimum atomic E-state index is 0.486. The lowest BCUT2D eigenvalue weighted by molar-refractivity contribution is 0.0384. The number of morpholine rings is 1. The Morgan fingerprint density at radius 2 is 1.93 bits per heavy atom. The first-order valence-electron chi connectivity index (χ1n) is 9.30. The van der Waals surface area contributed by atoms with Gasteiger partial charge in [0.1, 0.15) is 6.61 Å². The van der Waals surface area contributed by atoms with Crippen LogP contribution >= 0.6 is 11.6 Å². The van der Waals surface area contributed by atoms with Crippen molar-refractivity contribution in [2.45, 2.75) is 13.2 Å². The normalized spacial score (nSPS) is 14.9. The Bertz CT molecular complexity index is 706. The standard InChI is InChI=1S/C21H27ClN2O3/c1-25-20-14-19(22)13-18(15-23-7-8-24-9-11-26-12-10-24)21(20)27-16-17-5-3-2-4-6-17/h2-6,13-14,23H,7-12,15-16H2,1H3. The van der Waals surface area contributed by atoms with E-state index in [2.05, 4.69) is 10.2 Å². The summed E-state index contributed by atoms with van der Waals surface area (Å²) in [5.74, 6) is 1.40. The summed E-state index contributed by atoms with van der Waals surface area (Å²) in [6, 6.07) is 13.8. The van der Waals surface area contributed by atoms with Gasteiger partial charge in [0.05, 0.1) is 20.3 Å². The average Bonchev–Trinajstić information content (AvgIpc) is 2.71. The van der Waals surface area contributed by atoms with E-state index in [-0.39, 0.29) is 0 Å². The van der Waals surface area contributed by atoms with Crippen molar-refractivity contribution in [1.82, 2.24) is 10.2 Å². The molecule has 27 heavy (non-hydrogen) atoms. The van der Waals surface area contributed by atoms with E-state index in [0.717, 1.165) is 56.3 Å². The molecule has 1 aliphatic heterocycles. The Balaban J connectivity index is 1.60. The monoisotopic (exact) mass is 390 g/mol. The summed E-state index contributed by atoms with van der Waals surface area (Å²) in [6.07, 6.45) is 0. The molecule has 3 rings (SSSR count). The van der Waals surface area contributed by atoms with Gasteiger partial charge in [-0.3, -0.25) is 4.90 Å². The molecule has 6 heteroatoms. The van der Waals surface area contributed by atoms with Gasteiger partial charge in [-0.1, -0.05) is 41.9 Å². The summed E-state index contributed by atoms with van der Waals surface area (Å²) in [5.41, 5.74) is 2.11. The van der Waals surface area contributed by atoms with E-state index in [1.54, 1.807) is 13.2 Å². The molecule has 0 saturated carbocycles. The molecule has 0 amide bonds. The maximum Gasteiger partial charge on any atom is 0.166 e. The molecule has 1 heterocycles. The van der Waals surface area contributed by atoms with Gasteiger partial charge in [-0.25, -0.2) is 0 Å². The quantitative estimate of drug-likeness (QED) is 0.665. The first-order chi connectivity index (χ1) is 13.3. The SMILES string of the molecule is COc1cc(Cl)cc(CNCCN2CCOCC2)c1OCc1ccccc1. The van der Waals surface area contributed by atoms with E-state index in [1.807, 2.05) is 36.4 Å². The number of hydrogen-bond donors (Lipinski definition) is 1. The van der Waals surface area contributed by atoms with Crippen LogP contribution in [-0.2, 0) is 17.9 Å². The topological polar surface area (TPSA) is 43.0 Å². The molecule has 0 unspecified atom stereocenters. The minimum absolute atomic E-state index is 0.486. The predicted molar refractivity (Wildman–Crippen MR) is 108 cm³/mol. The molecule has 0 spiro atoms. The summed E-state index contributed by atoms with van der Waals surface area (Å²) < 4.78 is 17.0. The Morgan fingerprint density at radius 1 is 1.15 bits per heavy atom. The molecule has 2 aromatic rings. The number of hydrogen-bond acceptors (Lipinski definition) is 5. The van der Waals surface area contributed by atoms with Crippen LogP contribution in [0.1, 0.15) is 11.1 Å². The molecule has 1 fully saturated rings. The van der Waals surface area contributed by atoms with Crippen LogP contribution in [0.5, 0.6) is 11.5 Å². The number of methoxy groups -OCH3 is 1. The van der Waals surface area contributed by atoms with Crippen molar-refractivity contribution >= 4 is 11.6 Å². The third-order valence-electron chi connectivity index (χ3n) is 4.57. The van der Waals surface area contributed by atoms with Gasteiger partial charge in [0.15, 0.2) is 11.5 Å². The van der Waals surface area contributed by atoms with Crippen LogP contribution in [0.2, 0.25) is 5.02 Å². The molecule has 5 nitrogen and oxygen atoms in total. The second-order valence-electron chi connectivity index (χ2n) is 6.50. The van der Waals surface area contributed by atoms with E-state index in [1.165, 1.54) is 0 Å². The highest BCUT2D eigenvalue weighted by atomic mass is 35.5. The molecule has 1 N–H and O–H groups in total. The number of rotatable bonds is 9. The van der Waals surface area contributed by atoms with Gasteiger partial charge in [-0.15, -0.1) is 0 Å². The molecule has 0 atom stereocenters. The van der Waals surface area contributed by atoms with E-state index >= 15 is 0 Å². The van der Waals surface area contributed by atoms with Crippen molar-refractivity contribution in [1.29, 1.82) is 0 Å². The highest BCUT2D eigenvalue weighted by Gasteiger charge is 2.14. The van der Waals surface area contributed by atoms with Crippen molar-refractivity contribution < 1.29 is 14.2 Å². The van der Waals surface area contributed by atoms with Crippen molar-refractivity contribution in [3.63, 3.8) is 0 Å². The van der Waals surface area contributed by atoms with Crippen LogP contribution in [0, 0.1) is 0 Å². The number of benzene rings is 2. The van der Waals surface area contributed by atoms with Gasteiger partial charge < -0.3 is 19.5 Å². The van der Waals surface area contributed by atoms with Crippen LogP contribution in [0.25, 0.3) is 0 Å². The molecule has 1 saturated heterocycles. The average molecular weight is 391 g/mol. The van der Waals surface area contributed by atoms with Crippen LogP contribution < -0.4 is 14.8 Å². The molecular weight excluding hydrogens is 364 g/mol. The molecule has 146 valence electrons. The summed E-state index contributed by atoms with van der Waals surface area (Å²) >= 11 is 6.27. The van der Waals surface area contributed by atoms with Crippen LogP contribution in [0.3, 0.4) is 0 Å². The van der Waals surface area contributed by atoms with Crippen LogP contribution in [0.15, 0.2) is 42.5 Å². The maximum absolute atomic E-state index is 6.27. The highest BCUT2D eigenvalue weighted by Crippen LogP contribution is 2.35. The summed E-state index contributed by atoms with van der Waals surface area (Å²) in [4.78, 5) is 2.40. The molecule has 2 aromatic carbocycles. The Kier molecular flexibility index (Phi) is 7.78. The molecule has 1 aliphatic rings. The van der Waals surface area contributed by atoms with Crippen LogP contribution in [-0.4, -0.2) is 51.4 Å². The first-order valence-corrected chi connectivity index (χ1v) is 9.68. The largest absolute Gasteiger partial charge is 0.493 e. The third-order valence-corrected chi connectivity index (χ3v) is 4.78. The van der Waals surface area contributed by atoms with E-state index in [0.29, 0.717) is 23.9 Å². The fraction of sp³-hybridized carbons (Fsp3) is 0.429. The van der Waals surface area contributed by atoms with Gasteiger partial charge >= 0.3 is 0 Å². The van der Waals surface area contributed by atoms with Crippen LogP contribution in [0.4, 0.5) is 0 Å². The van der Waals surface area contributed by atoms with Crippen molar-refractivity contribution in [2.75, 3.05) is 46.5 Å². The fourth-order valence-electron chi connectivity index (χ4n) is 3.08. The van der Waals surface area contributed by atoms with Gasteiger partial charge in [0.25, 0.3) is 0 Å². The number of nitrogens with zero attached hydrogens (tertiary/aromatic N) is 1. The summed E-state index contributed by atoms with van der Waals surface area (Å²) in [6.45, 7) is 6.70. The Hall–Kier alpha value is -1.79. The smallest absolute Gasteiger partial charge is 0.166 e. The van der Waals surface area contributed by atoms with E-state index in [9.17, 15) is 0 Å². The predicted octanol–water partition coefficient (Wildman–Crippen LogP) is 3.35. The number of nitrogens with one attached hydrogen (secondary N) is 1. The summed E-state index contributed by atoms with van der Waals surface area (Å²) in [7, 11) is 1.64. The van der Waals surface area contributed by atoms with E-state index < -0.39 is 0 Å². The maximum atomic E-state index is 6.27. The number of ether oxygens (including phenoxy) is 3. The van der Waals surface area contributed by atoms with Gasteiger partial charge in [0.2, 0.25) is 0 Å². The van der Waals surface area contributed by atoms with Crippen molar-refractivity contribution in [3.05, 3.63) is 58.6 Å². The molecule has 0 bridgehead atoms. The third kappa shape index (κ3) is 6.11. The fourth-order valence-corrected chi connectivity index (χ4v) is 3.31. The highest BCUT2D eigenvalue weighted by molar-refractivity contribution is 6.30. The minimum Gasteiger partial charge on any atom is -0.493 e. The van der Waals surface area contributed by atoms with Crippen molar-refractivity contribution in [3.8, 4) is 11.5 Å². The second-order valence-corrected chi connectivity index (χ2v) is 6.94. The zero-order valence-corrected chi connectivity index (χ0v) is 16.5.